The lowest BCUT2D eigenvalue weighted by Crippen LogP contribution is -2.14. The van der Waals surface area contributed by atoms with Gasteiger partial charge in [-0.05, 0) is 19.1 Å². The van der Waals surface area contributed by atoms with Gasteiger partial charge in [-0.1, -0.05) is 16.9 Å². The van der Waals surface area contributed by atoms with Gasteiger partial charge in [-0.25, -0.2) is 4.98 Å². The summed E-state index contributed by atoms with van der Waals surface area (Å²) >= 11 is 3.13. The fourth-order valence-electron chi connectivity index (χ4n) is 1.12. The number of amidine groups is 1. The standard InChI is InChI=1S/C10H10N4OS2/c1-6-5-16-10(13-6)17-7-2-3-8(12-4-7)9(11)14-15/h2-5,15H,1H3,(H2,11,14). The second kappa shape index (κ2) is 5.15. The van der Waals surface area contributed by atoms with Crippen LogP contribution in [0.1, 0.15) is 11.4 Å². The van der Waals surface area contributed by atoms with Crippen molar-refractivity contribution in [1.82, 2.24) is 9.97 Å². The zero-order valence-corrected chi connectivity index (χ0v) is 10.6. The Balaban J connectivity index is 2.13. The minimum absolute atomic E-state index is 0.00615. The molecule has 0 atom stereocenters. The van der Waals surface area contributed by atoms with Crippen molar-refractivity contribution in [2.75, 3.05) is 0 Å². The van der Waals surface area contributed by atoms with Crippen LogP contribution in [0, 0.1) is 6.92 Å². The Morgan fingerprint density at radius 2 is 2.35 bits per heavy atom. The fourth-order valence-corrected chi connectivity index (χ4v) is 2.90. The molecule has 5 nitrogen and oxygen atoms in total. The first-order valence-corrected chi connectivity index (χ1v) is 6.42. The molecular formula is C10H10N4OS2. The highest BCUT2D eigenvalue weighted by Crippen LogP contribution is 2.29. The predicted molar refractivity (Wildman–Crippen MR) is 67.7 cm³/mol. The molecule has 7 heteroatoms. The van der Waals surface area contributed by atoms with Crippen LogP contribution in [0.25, 0.3) is 0 Å². The zero-order chi connectivity index (χ0) is 12.3. The van der Waals surface area contributed by atoms with Crippen LogP contribution in [0.15, 0.2) is 38.1 Å². The van der Waals surface area contributed by atoms with Gasteiger partial charge in [0.1, 0.15) is 5.69 Å². The molecule has 0 aliphatic carbocycles. The molecule has 0 spiro atoms. The maximum Gasteiger partial charge on any atom is 0.188 e. The Bertz CT molecular complexity index is 535. The number of pyridine rings is 1. The number of aryl methyl sites for hydroxylation is 1. The summed E-state index contributed by atoms with van der Waals surface area (Å²) in [6, 6.07) is 3.57. The van der Waals surface area contributed by atoms with Crippen molar-refractivity contribution in [3.05, 3.63) is 35.1 Å². The Morgan fingerprint density at radius 3 is 2.88 bits per heavy atom. The molecule has 0 aliphatic rings. The van der Waals surface area contributed by atoms with Gasteiger partial charge in [0.2, 0.25) is 0 Å². The van der Waals surface area contributed by atoms with Crippen molar-refractivity contribution >= 4 is 28.9 Å². The van der Waals surface area contributed by atoms with Crippen molar-refractivity contribution in [2.24, 2.45) is 10.9 Å². The lowest BCUT2D eigenvalue weighted by Gasteiger charge is -1.99. The second-order valence-electron chi connectivity index (χ2n) is 3.22. The van der Waals surface area contributed by atoms with Crippen LogP contribution in [-0.2, 0) is 0 Å². The summed E-state index contributed by atoms with van der Waals surface area (Å²) < 4.78 is 0.973. The molecule has 2 aromatic heterocycles. The van der Waals surface area contributed by atoms with Gasteiger partial charge in [-0.15, -0.1) is 11.3 Å². The minimum Gasteiger partial charge on any atom is -0.409 e. The first-order chi connectivity index (χ1) is 8.19. The SMILES string of the molecule is Cc1csc(Sc2ccc(/C(N)=N/O)nc2)n1. The third-order valence-electron chi connectivity index (χ3n) is 1.91. The van der Waals surface area contributed by atoms with Crippen molar-refractivity contribution in [3.8, 4) is 0 Å². The van der Waals surface area contributed by atoms with Crippen LogP contribution < -0.4 is 5.73 Å². The summed E-state index contributed by atoms with van der Waals surface area (Å²) in [4.78, 5) is 9.40. The first kappa shape index (κ1) is 11.9. The molecule has 2 heterocycles. The van der Waals surface area contributed by atoms with Gasteiger partial charge in [0.25, 0.3) is 0 Å². The number of rotatable bonds is 3. The number of hydrogen-bond donors (Lipinski definition) is 2. The Hall–Kier alpha value is -1.60. The molecule has 0 bridgehead atoms. The highest BCUT2D eigenvalue weighted by molar-refractivity contribution is 8.01. The molecule has 2 aromatic rings. The number of oxime groups is 1. The van der Waals surface area contributed by atoms with Crippen LogP contribution >= 0.6 is 23.1 Å². The van der Waals surface area contributed by atoms with Gasteiger partial charge in [0, 0.05) is 22.2 Å². The van der Waals surface area contributed by atoms with E-state index in [2.05, 4.69) is 15.1 Å². The number of aromatic nitrogens is 2. The Labute approximate surface area is 106 Å². The minimum atomic E-state index is 0.00615. The van der Waals surface area contributed by atoms with E-state index in [1.807, 2.05) is 18.4 Å². The first-order valence-electron chi connectivity index (χ1n) is 4.73. The predicted octanol–water partition coefficient (Wildman–Crippen LogP) is 2.09. The van der Waals surface area contributed by atoms with Crippen LogP contribution in [0.4, 0.5) is 0 Å². The molecule has 0 unspecified atom stereocenters. The van der Waals surface area contributed by atoms with Crippen LogP contribution in [0.2, 0.25) is 0 Å². The molecule has 0 saturated heterocycles. The molecule has 0 saturated carbocycles. The summed E-state index contributed by atoms with van der Waals surface area (Å²) in [5.41, 5.74) is 6.88. The van der Waals surface area contributed by atoms with Gasteiger partial charge in [-0.2, -0.15) is 0 Å². The Kier molecular flexibility index (Phi) is 3.60. The van der Waals surface area contributed by atoms with E-state index in [-0.39, 0.29) is 5.84 Å². The molecular weight excluding hydrogens is 256 g/mol. The van der Waals surface area contributed by atoms with Gasteiger partial charge in [0.05, 0.1) is 0 Å². The maximum absolute atomic E-state index is 8.50. The quantitative estimate of drug-likeness (QED) is 0.384. The maximum atomic E-state index is 8.50. The lowest BCUT2D eigenvalue weighted by molar-refractivity contribution is 0.318. The van der Waals surface area contributed by atoms with Gasteiger partial charge >= 0.3 is 0 Å². The van der Waals surface area contributed by atoms with Gasteiger partial charge in [0.15, 0.2) is 10.2 Å². The molecule has 2 rings (SSSR count). The molecule has 0 fully saturated rings. The fraction of sp³-hybridized carbons (Fsp3) is 0.100. The van der Waals surface area contributed by atoms with Crippen molar-refractivity contribution in [2.45, 2.75) is 16.2 Å². The van der Waals surface area contributed by atoms with Crippen molar-refractivity contribution < 1.29 is 5.21 Å². The van der Waals surface area contributed by atoms with Crippen molar-refractivity contribution in [3.63, 3.8) is 0 Å². The summed E-state index contributed by atoms with van der Waals surface area (Å²) in [6.45, 7) is 1.96. The summed E-state index contributed by atoms with van der Waals surface area (Å²) in [6.07, 6.45) is 1.68. The van der Waals surface area contributed by atoms with E-state index in [0.29, 0.717) is 5.69 Å². The van der Waals surface area contributed by atoms with E-state index < -0.39 is 0 Å². The molecule has 0 aromatic carbocycles. The average Bonchev–Trinajstić information content (AvgIpc) is 2.75. The smallest absolute Gasteiger partial charge is 0.188 e. The van der Waals surface area contributed by atoms with Crippen molar-refractivity contribution in [1.29, 1.82) is 0 Å². The monoisotopic (exact) mass is 266 g/mol. The summed E-state index contributed by atoms with van der Waals surface area (Å²) in [5, 5.41) is 13.4. The molecule has 0 amide bonds. The normalized spacial score (nSPS) is 11.7. The van der Waals surface area contributed by atoms with E-state index in [4.69, 9.17) is 10.9 Å². The van der Waals surface area contributed by atoms with Gasteiger partial charge < -0.3 is 10.9 Å². The summed E-state index contributed by atoms with van der Waals surface area (Å²) in [7, 11) is 0. The van der Waals surface area contributed by atoms with E-state index in [9.17, 15) is 0 Å². The topological polar surface area (TPSA) is 84.4 Å². The number of nitrogens with two attached hydrogens (primary N) is 1. The number of thiazole rings is 1. The third-order valence-corrected chi connectivity index (χ3v) is 3.94. The number of nitrogens with zero attached hydrogens (tertiary/aromatic N) is 3. The van der Waals surface area contributed by atoms with E-state index in [0.717, 1.165) is 14.9 Å². The number of hydrogen-bond acceptors (Lipinski definition) is 6. The van der Waals surface area contributed by atoms with E-state index >= 15 is 0 Å². The highest BCUT2D eigenvalue weighted by atomic mass is 32.2. The van der Waals surface area contributed by atoms with E-state index in [1.54, 1.807) is 23.6 Å². The second-order valence-corrected chi connectivity index (χ2v) is 5.40. The lowest BCUT2D eigenvalue weighted by atomic mass is 10.3. The molecule has 17 heavy (non-hydrogen) atoms. The summed E-state index contributed by atoms with van der Waals surface area (Å²) in [5.74, 6) is 0.00615. The third kappa shape index (κ3) is 2.95. The molecule has 0 radical (unpaired) electrons. The van der Waals surface area contributed by atoms with E-state index in [1.165, 1.54) is 11.8 Å². The molecule has 0 aliphatic heterocycles. The molecule has 3 N–H and O–H groups in total. The van der Waals surface area contributed by atoms with Crippen LogP contribution in [0.5, 0.6) is 0 Å². The van der Waals surface area contributed by atoms with Gasteiger partial charge in [-0.3, -0.25) is 4.98 Å². The largest absolute Gasteiger partial charge is 0.409 e. The average molecular weight is 266 g/mol. The Morgan fingerprint density at radius 1 is 1.53 bits per heavy atom. The van der Waals surface area contributed by atoms with Crippen LogP contribution in [0.3, 0.4) is 0 Å². The zero-order valence-electron chi connectivity index (χ0n) is 8.99. The highest BCUT2D eigenvalue weighted by Gasteiger charge is 2.04. The molecule has 88 valence electrons. The van der Waals surface area contributed by atoms with Crippen LogP contribution in [-0.4, -0.2) is 21.0 Å².